The van der Waals surface area contributed by atoms with Crippen molar-refractivity contribution in [2.75, 3.05) is 36.4 Å². The Morgan fingerprint density at radius 2 is 1.60 bits per heavy atom. The molecule has 1 heterocycles. The van der Waals surface area contributed by atoms with Gasteiger partial charge in [0.1, 0.15) is 5.69 Å². The zero-order valence-electron chi connectivity index (χ0n) is 20.4. The number of rotatable bonds is 8. The van der Waals surface area contributed by atoms with Gasteiger partial charge < -0.3 is 15.1 Å². The molecule has 0 bridgehead atoms. The van der Waals surface area contributed by atoms with E-state index in [1.54, 1.807) is 12.1 Å². The molecular weight excluding hydrogens is 440 g/mol. The fraction of sp³-hybridized carbons (Fsp3) is 0.321. The minimum absolute atomic E-state index is 0.0423. The summed E-state index contributed by atoms with van der Waals surface area (Å²) in [4.78, 5) is 28.1. The first kappa shape index (κ1) is 24.3. The summed E-state index contributed by atoms with van der Waals surface area (Å²) in [6.07, 6.45) is 2.15. The number of nitro groups is 1. The average Bonchev–Trinajstić information content (AvgIpc) is 2.88. The van der Waals surface area contributed by atoms with Crippen molar-refractivity contribution in [3.63, 3.8) is 0 Å². The summed E-state index contributed by atoms with van der Waals surface area (Å²) in [5, 5.41) is 14.9. The van der Waals surface area contributed by atoms with E-state index < -0.39 is 0 Å². The van der Waals surface area contributed by atoms with Crippen molar-refractivity contribution >= 4 is 23.0 Å². The molecule has 3 aromatic carbocycles. The third-order valence-corrected chi connectivity index (χ3v) is 6.45. The van der Waals surface area contributed by atoms with Gasteiger partial charge in [-0.3, -0.25) is 14.9 Å². The summed E-state index contributed by atoms with van der Waals surface area (Å²) in [5.41, 5.74) is 5.68. The third-order valence-electron chi connectivity index (χ3n) is 6.45. The van der Waals surface area contributed by atoms with Crippen LogP contribution in [0, 0.1) is 17.0 Å². The number of hydrogen-bond donors (Lipinski definition) is 1. The lowest BCUT2D eigenvalue weighted by molar-refractivity contribution is -0.384. The molecule has 0 unspecified atom stereocenters. The molecule has 7 heteroatoms. The number of carbonyl (C=O) groups is 1. The summed E-state index contributed by atoms with van der Waals surface area (Å²) < 4.78 is 0. The molecule has 35 heavy (non-hydrogen) atoms. The Labute approximate surface area is 206 Å². The number of aryl methyl sites for hydroxylation is 2. The number of anilines is 2. The molecule has 1 fully saturated rings. The van der Waals surface area contributed by atoms with Crippen molar-refractivity contribution in [2.24, 2.45) is 0 Å². The zero-order valence-corrected chi connectivity index (χ0v) is 20.4. The summed E-state index contributed by atoms with van der Waals surface area (Å²) in [5.74, 6) is 0.0423. The summed E-state index contributed by atoms with van der Waals surface area (Å²) in [6.45, 7) is 7.23. The van der Waals surface area contributed by atoms with E-state index in [4.69, 9.17) is 0 Å². The van der Waals surface area contributed by atoms with Crippen molar-refractivity contribution in [3.8, 4) is 0 Å². The molecule has 3 aromatic rings. The third kappa shape index (κ3) is 5.98. The Bertz CT molecular complexity index is 1170. The van der Waals surface area contributed by atoms with Crippen LogP contribution in [0.4, 0.5) is 17.1 Å². The van der Waals surface area contributed by atoms with Crippen LogP contribution in [0.25, 0.3) is 0 Å². The van der Waals surface area contributed by atoms with Gasteiger partial charge in [0.25, 0.3) is 11.6 Å². The summed E-state index contributed by atoms with van der Waals surface area (Å²) in [6, 6.07) is 21.2. The molecule has 0 atom stereocenters. The highest BCUT2D eigenvalue weighted by atomic mass is 16.6. The van der Waals surface area contributed by atoms with Crippen molar-refractivity contribution in [2.45, 2.75) is 33.2 Å². The predicted molar refractivity (Wildman–Crippen MR) is 140 cm³/mol. The molecule has 0 aromatic heterocycles. The number of nitrogens with one attached hydrogen (secondary N) is 1. The van der Waals surface area contributed by atoms with Crippen LogP contribution < -0.4 is 10.2 Å². The fourth-order valence-corrected chi connectivity index (χ4v) is 4.38. The fourth-order valence-electron chi connectivity index (χ4n) is 4.38. The zero-order chi connectivity index (χ0) is 24.8. The molecule has 4 rings (SSSR count). The second kappa shape index (κ2) is 11.0. The number of amides is 1. The minimum atomic E-state index is -0.353. The maximum Gasteiger partial charge on any atom is 0.292 e. The van der Waals surface area contributed by atoms with E-state index >= 15 is 0 Å². The standard InChI is InChI=1S/C28H32N4O3/c1-3-4-22-7-9-23(10-8-22)20-29-26-19-25(13-14-27(26)32(34)35)30-15-17-31(18-16-30)28(33)24-11-5-21(2)6-12-24/h5-14,19,29H,3-4,15-18,20H2,1-2H3. The lowest BCUT2D eigenvalue weighted by Gasteiger charge is -2.36. The first-order chi connectivity index (χ1) is 16.9. The first-order valence-electron chi connectivity index (χ1n) is 12.2. The Hall–Kier alpha value is -3.87. The quantitative estimate of drug-likeness (QED) is 0.349. The highest BCUT2D eigenvalue weighted by Gasteiger charge is 2.24. The van der Waals surface area contributed by atoms with Crippen LogP contribution in [-0.4, -0.2) is 41.9 Å². The number of carbonyl (C=O) groups excluding carboxylic acids is 1. The van der Waals surface area contributed by atoms with E-state index in [2.05, 4.69) is 41.4 Å². The van der Waals surface area contributed by atoms with E-state index in [9.17, 15) is 14.9 Å². The molecule has 1 aliphatic rings. The second-order valence-corrected chi connectivity index (χ2v) is 9.02. The average molecular weight is 473 g/mol. The monoisotopic (exact) mass is 472 g/mol. The van der Waals surface area contributed by atoms with E-state index in [-0.39, 0.29) is 16.5 Å². The number of hydrogen-bond acceptors (Lipinski definition) is 5. The predicted octanol–water partition coefficient (Wildman–Crippen LogP) is 5.43. The molecule has 7 nitrogen and oxygen atoms in total. The van der Waals surface area contributed by atoms with Gasteiger partial charge in [-0.2, -0.15) is 0 Å². The van der Waals surface area contributed by atoms with Gasteiger partial charge in [0.05, 0.1) is 4.92 Å². The maximum atomic E-state index is 12.8. The highest BCUT2D eigenvalue weighted by molar-refractivity contribution is 5.94. The van der Waals surface area contributed by atoms with Gasteiger partial charge in [-0.15, -0.1) is 0 Å². The molecule has 0 spiro atoms. The number of benzene rings is 3. The SMILES string of the molecule is CCCc1ccc(CNc2cc(N3CCN(C(=O)c4ccc(C)cc4)CC3)ccc2[N+](=O)[O-])cc1. The normalized spacial score (nSPS) is 13.5. The molecule has 0 aliphatic carbocycles. The number of piperazine rings is 1. The Morgan fingerprint density at radius 1 is 0.943 bits per heavy atom. The summed E-state index contributed by atoms with van der Waals surface area (Å²) in [7, 11) is 0. The smallest absolute Gasteiger partial charge is 0.292 e. The van der Waals surface area contributed by atoms with Gasteiger partial charge in [-0.25, -0.2) is 0 Å². The summed E-state index contributed by atoms with van der Waals surface area (Å²) >= 11 is 0. The van der Waals surface area contributed by atoms with Crippen LogP contribution in [0.1, 0.15) is 40.4 Å². The van der Waals surface area contributed by atoms with Gasteiger partial charge in [0.15, 0.2) is 0 Å². The van der Waals surface area contributed by atoms with Crippen LogP contribution in [0.2, 0.25) is 0 Å². The maximum absolute atomic E-state index is 12.8. The number of nitrogens with zero attached hydrogens (tertiary/aromatic N) is 3. The highest BCUT2D eigenvalue weighted by Crippen LogP contribution is 2.31. The topological polar surface area (TPSA) is 78.7 Å². The van der Waals surface area contributed by atoms with E-state index in [0.717, 1.165) is 29.7 Å². The van der Waals surface area contributed by atoms with Crippen LogP contribution in [0.3, 0.4) is 0 Å². The van der Waals surface area contributed by atoms with Crippen LogP contribution in [0.15, 0.2) is 66.7 Å². The number of nitro benzene ring substituents is 1. The van der Waals surface area contributed by atoms with Crippen molar-refractivity contribution in [1.82, 2.24) is 4.90 Å². The van der Waals surface area contributed by atoms with Gasteiger partial charge in [-0.05, 0) is 48.7 Å². The molecule has 0 radical (unpaired) electrons. The molecule has 1 amide bonds. The minimum Gasteiger partial charge on any atom is -0.375 e. The Balaban J connectivity index is 1.42. The first-order valence-corrected chi connectivity index (χ1v) is 12.2. The molecule has 1 saturated heterocycles. The molecule has 1 aliphatic heterocycles. The Kier molecular flexibility index (Phi) is 7.65. The van der Waals surface area contributed by atoms with E-state index in [1.165, 1.54) is 5.56 Å². The van der Waals surface area contributed by atoms with Crippen LogP contribution in [-0.2, 0) is 13.0 Å². The van der Waals surface area contributed by atoms with Gasteiger partial charge in [-0.1, -0.05) is 55.3 Å². The van der Waals surface area contributed by atoms with E-state index in [0.29, 0.717) is 44.0 Å². The van der Waals surface area contributed by atoms with Gasteiger partial charge in [0, 0.05) is 50.0 Å². The van der Waals surface area contributed by atoms with Crippen molar-refractivity contribution in [3.05, 3.63) is 99.1 Å². The van der Waals surface area contributed by atoms with Crippen molar-refractivity contribution < 1.29 is 9.72 Å². The van der Waals surface area contributed by atoms with Crippen molar-refractivity contribution in [1.29, 1.82) is 0 Å². The molecule has 0 saturated carbocycles. The molecule has 182 valence electrons. The molecule has 1 N–H and O–H groups in total. The van der Waals surface area contributed by atoms with E-state index in [1.807, 2.05) is 42.2 Å². The van der Waals surface area contributed by atoms with Crippen LogP contribution in [0.5, 0.6) is 0 Å². The van der Waals surface area contributed by atoms with Crippen LogP contribution >= 0.6 is 0 Å². The largest absolute Gasteiger partial charge is 0.375 e. The Morgan fingerprint density at radius 3 is 2.23 bits per heavy atom. The lowest BCUT2D eigenvalue weighted by Crippen LogP contribution is -2.48. The van der Waals surface area contributed by atoms with Gasteiger partial charge in [0.2, 0.25) is 0 Å². The molecular formula is C28H32N4O3. The lowest BCUT2D eigenvalue weighted by atomic mass is 10.1. The second-order valence-electron chi connectivity index (χ2n) is 9.02. The van der Waals surface area contributed by atoms with Gasteiger partial charge >= 0.3 is 0 Å².